The molecule has 0 radical (unpaired) electrons. The van der Waals surface area contributed by atoms with E-state index in [0.717, 1.165) is 67.8 Å². The number of aliphatic imine (C=N–C) groups is 1. The van der Waals surface area contributed by atoms with Gasteiger partial charge in [-0.1, -0.05) is 18.6 Å². The monoisotopic (exact) mass is 398 g/mol. The van der Waals surface area contributed by atoms with Gasteiger partial charge in [0.2, 0.25) is 0 Å². The van der Waals surface area contributed by atoms with E-state index in [2.05, 4.69) is 51.4 Å². The van der Waals surface area contributed by atoms with E-state index in [1.807, 2.05) is 6.07 Å². The van der Waals surface area contributed by atoms with Crippen LogP contribution in [0.3, 0.4) is 0 Å². The van der Waals surface area contributed by atoms with Crippen molar-refractivity contribution in [1.29, 1.82) is 0 Å². The van der Waals surface area contributed by atoms with Gasteiger partial charge in [0.25, 0.3) is 0 Å². The number of ether oxygens (including phenoxy) is 1. The molecule has 0 aliphatic carbocycles. The number of nitrogens with zero attached hydrogens (tertiary/aromatic N) is 4. The summed E-state index contributed by atoms with van der Waals surface area (Å²) >= 11 is 0. The molecule has 2 N–H and O–H groups in total. The van der Waals surface area contributed by atoms with Crippen LogP contribution in [0.15, 0.2) is 23.2 Å². The lowest BCUT2D eigenvalue weighted by Gasteiger charge is -2.13. The van der Waals surface area contributed by atoms with Crippen molar-refractivity contribution in [3.05, 3.63) is 41.0 Å². The molecule has 7 nitrogen and oxygen atoms in total. The molecule has 1 aromatic heterocycles. The van der Waals surface area contributed by atoms with Gasteiger partial charge in [-0.05, 0) is 44.7 Å². The Balaban J connectivity index is 1.52. The lowest BCUT2D eigenvalue weighted by atomic mass is 10.1. The second-order valence-electron chi connectivity index (χ2n) is 7.54. The molecule has 29 heavy (non-hydrogen) atoms. The average Bonchev–Trinajstić information content (AvgIpc) is 2.95. The molecule has 0 spiro atoms. The van der Waals surface area contributed by atoms with Gasteiger partial charge >= 0.3 is 0 Å². The highest BCUT2D eigenvalue weighted by Gasteiger charge is 2.14. The Kier molecular flexibility index (Phi) is 7.90. The fourth-order valence-electron chi connectivity index (χ4n) is 3.67. The first-order chi connectivity index (χ1) is 14.2. The third-order valence-corrected chi connectivity index (χ3v) is 5.25. The van der Waals surface area contributed by atoms with Crippen LogP contribution in [-0.4, -0.2) is 40.9 Å². The summed E-state index contributed by atoms with van der Waals surface area (Å²) in [5.41, 5.74) is 2.27. The van der Waals surface area contributed by atoms with Crippen molar-refractivity contribution >= 4 is 5.96 Å². The second kappa shape index (κ2) is 10.8. The first-order valence-corrected chi connectivity index (χ1v) is 10.8. The fourth-order valence-corrected chi connectivity index (χ4v) is 3.67. The van der Waals surface area contributed by atoms with Crippen LogP contribution in [0.1, 0.15) is 55.4 Å². The summed E-state index contributed by atoms with van der Waals surface area (Å²) in [6.45, 7) is 7.46. The van der Waals surface area contributed by atoms with Crippen molar-refractivity contribution in [2.75, 3.05) is 20.2 Å². The molecular formula is C22H34N6O. The molecule has 0 amide bonds. The molecule has 1 aromatic carbocycles. The fraction of sp³-hybridized carbons (Fsp3) is 0.591. The Labute approximate surface area is 174 Å². The highest BCUT2D eigenvalue weighted by atomic mass is 16.5. The molecule has 2 aromatic rings. The number of hydrogen-bond acceptors (Lipinski definition) is 4. The summed E-state index contributed by atoms with van der Waals surface area (Å²) in [4.78, 5) is 4.72. The lowest BCUT2D eigenvalue weighted by Crippen LogP contribution is -2.37. The van der Waals surface area contributed by atoms with Crippen LogP contribution < -0.4 is 15.4 Å². The SMILES string of the molecule is CCNC(=NCc1ccc(C)cc1OC)NCCCc1nnc2n1CCCCC2. The summed E-state index contributed by atoms with van der Waals surface area (Å²) in [6.07, 6.45) is 6.75. The van der Waals surface area contributed by atoms with Crippen LogP contribution in [-0.2, 0) is 25.9 Å². The molecule has 7 heteroatoms. The molecule has 0 saturated heterocycles. The van der Waals surface area contributed by atoms with Crippen LogP contribution in [0, 0.1) is 6.92 Å². The van der Waals surface area contributed by atoms with Crippen molar-refractivity contribution in [3.8, 4) is 5.75 Å². The van der Waals surface area contributed by atoms with E-state index in [9.17, 15) is 0 Å². The standard InChI is InChI=1S/C22H34N6O/c1-4-23-22(25-16-18-12-11-17(2)15-19(18)29-3)24-13-8-10-21-27-26-20-9-6-5-7-14-28(20)21/h11-12,15H,4-10,13-14,16H2,1-3H3,(H2,23,24,25). The van der Waals surface area contributed by atoms with Gasteiger partial charge in [0, 0.05) is 38.0 Å². The Morgan fingerprint density at radius 2 is 2.10 bits per heavy atom. The zero-order valence-electron chi connectivity index (χ0n) is 18.0. The van der Waals surface area contributed by atoms with Gasteiger partial charge in [-0.3, -0.25) is 0 Å². The Morgan fingerprint density at radius 3 is 2.93 bits per heavy atom. The van der Waals surface area contributed by atoms with E-state index in [1.165, 1.54) is 24.8 Å². The van der Waals surface area contributed by atoms with E-state index >= 15 is 0 Å². The number of guanidine groups is 1. The van der Waals surface area contributed by atoms with Gasteiger partial charge in [-0.2, -0.15) is 0 Å². The predicted molar refractivity (Wildman–Crippen MR) is 116 cm³/mol. The Morgan fingerprint density at radius 1 is 1.21 bits per heavy atom. The molecule has 2 heterocycles. The number of benzene rings is 1. The second-order valence-corrected chi connectivity index (χ2v) is 7.54. The molecule has 1 aliphatic rings. The summed E-state index contributed by atoms with van der Waals surface area (Å²) in [7, 11) is 1.70. The van der Waals surface area contributed by atoms with Crippen LogP contribution in [0.4, 0.5) is 0 Å². The summed E-state index contributed by atoms with van der Waals surface area (Å²) in [5, 5.41) is 15.6. The van der Waals surface area contributed by atoms with Gasteiger partial charge in [0.05, 0.1) is 13.7 Å². The van der Waals surface area contributed by atoms with E-state index in [1.54, 1.807) is 7.11 Å². The first-order valence-electron chi connectivity index (χ1n) is 10.8. The van der Waals surface area contributed by atoms with Crippen molar-refractivity contribution in [2.45, 2.75) is 65.5 Å². The smallest absolute Gasteiger partial charge is 0.191 e. The number of aromatic nitrogens is 3. The average molecular weight is 399 g/mol. The predicted octanol–water partition coefficient (Wildman–Crippen LogP) is 3.01. The third-order valence-electron chi connectivity index (χ3n) is 5.25. The van der Waals surface area contributed by atoms with Crippen LogP contribution >= 0.6 is 0 Å². The summed E-state index contributed by atoms with van der Waals surface area (Å²) < 4.78 is 7.82. The van der Waals surface area contributed by atoms with E-state index in [-0.39, 0.29) is 0 Å². The van der Waals surface area contributed by atoms with Gasteiger partial charge in [-0.15, -0.1) is 10.2 Å². The Bertz CT molecular complexity index is 814. The zero-order chi connectivity index (χ0) is 20.5. The number of nitrogens with one attached hydrogen (secondary N) is 2. The van der Waals surface area contributed by atoms with E-state index in [4.69, 9.17) is 9.73 Å². The lowest BCUT2D eigenvalue weighted by molar-refractivity contribution is 0.409. The molecule has 0 unspecified atom stereocenters. The highest BCUT2D eigenvalue weighted by molar-refractivity contribution is 5.79. The van der Waals surface area contributed by atoms with Crippen LogP contribution in [0.2, 0.25) is 0 Å². The van der Waals surface area contributed by atoms with E-state index in [0.29, 0.717) is 6.54 Å². The molecule has 3 rings (SSSR count). The number of methoxy groups -OCH3 is 1. The molecule has 0 atom stereocenters. The minimum Gasteiger partial charge on any atom is -0.496 e. The third kappa shape index (κ3) is 5.95. The molecule has 1 aliphatic heterocycles. The minimum absolute atomic E-state index is 0.580. The van der Waals surface area contributed by atoms with Crippen molar-refractivity contribution in [1.82, 2.24) is 25.4 Å². The largest absolute Gasteiger partial charge is 0.496 e. The van der Waals surface area contributed by atoms with Crippen molar-refractivity contribution < 1.29 is 4.74 Å². The quantitative estimate of drug-likeness (QED) is 0.406. The maximum Gasteiger partial charge on any atom is 0.191 e. The summed E-state index contributed by atoms with van der Waals surface area (Å²) in [5.74, 6) is 4.00. The molecule has 0 saturated carbocycles. The first kappa shape index (κ1) is 21.1. The van der Waals surface area contributed by atoms with Crippen LogP contribution in [0.5, 0.6) is 5.75 Å². The normalized spacial score (nSPS) is 14.2. The topological polar surface area (TPSA) is 76.4 Å². The number of hydrogen-bond donors (Lipinski definition) is 2. The van der Waals surface area contributed by atoms with Crippen molar-refractivity contribution in [2.24, 2.45) is 4.99 Å². The van der Waals surface area contributed by atoms with Gasteiger partial charge < -0.3 is 19.9 Å². The molecule has 0 fully saturated rings. The zero-order valence-corrected chi connectivity index (χ0v) is 18.0. The number of fused-ring (bicyclic) bond motifs is 1. The molecular weight excluding hydrogens is 364 g/mol. The maximum atomic E-state index is 5.49. The summed E-state index contributed by atoms with van der Waals surface area (Å²) in [6, 6.07) is 6.22. The minimum atomic E-state index is 0.580. The Hall–Kier alpha value is -2.57. The van der Waals surface area contributed by atoms with Gasteiger partial charge in [0.15, 0.2) is 5.96 Å². The highest BCUT2D eigenvalue weighted by Crippen LogP contribution is 2.20. The number of aryl methyl sites for hydroxylation is 3. The molecule has 158 valence electrons. The van der Waals surface area contributed by atoms with E-state index < -0.39 is 0 Å². The van der Waals surface area contributed by atoms with Gasteiger partial charge in [0.1, 0.15) is 17.4 Å². The van der Waals surface area contributed by atoms with Gasteiger partial charge in [-0.25, -0.2) is 4.99 Å². The maximum absolute atomic E-state index is 5.49. The van der Waals surface area contributed by atoms with Crippen LogP contribution in [0.25, 0.3) is 0 Å². The molecule has 0 bridgehead atoms. The number of rotatable bonds is 8. The van der Waals surface area contributed by atoms with Crippen molar-refractivity contribution in [3.63, 3.8) is 0 Å².